The molecule has 1 aliphatic carbocycles. The Hall–Kier alpha value is -0.960. The van der Waals surface area contributed by atoms with Gasteiger partial charge in [-0.1, -0.05) is 41.5 Å². The van der Waals surface area contributed by atoms with Gasteiger partial charge >= 0.3 is 0 Å². The minimum Gasteiger partial charge on any atom is -0.381 e. The van der Waals surface area contributed by atoms with E-state index in [0.717, 1.165) is 37.8 Å². The molecule has 3 heteroatoms. The van der Waals surface area contributed by atoms with E-state index in [0.29, 0.717) is 5.92 Å². The molecule has 22 heavy (non-hydrogen) atoms. The van der Waals surface area contributed by atoms with Gasteiger partial charge in [-0.25, -0.2) is 9.97 Å². The van der Waals surface area contributed by atoms with Crippen LogP contribution < -0.4 is 0 Å². The van der Waals surface area contributed by atoms with Crippen molar-refractivity contribution in [2.75, 3.05) is 13.2 Å². The summed E-state index contributed by atoms with van der Waals surface area (Å²) in [5.41, 5.74) is 4.06. The van der Waals surface area contributed by atoms with Gasteiger partial charge in [0.05, 0.1) is 12.3 Å². The van der Waals surface area contributed by atoms with Gasteiger partial charge in [-0.3, -0.25) is 0 Å². The maximum atomic E-state index is 5.71. The zero-order valence-corrected chi connectivity index (χ0v) is 15.0. The fraction of sp³-hybridized carbons (Fsp3) is 0.789. The number of nitrogens with zero attached hydrogens (tertiary/aromatic N) is 2. The zero-order valence-electron chi connectivity index (χ0n) is 15.0. The van der Waals surface area contributed by atoms with E-state index < -0.39 is 0 Å². The summed E-state index contributed by atoms with van der Waals surface area (Å²) < 4.78 is 5.71. The minimum atomic E-state index is -0.00502. The average molecular weight is 302 g/mol. The van der Waals surface area contributed by atoms with Crippen LogP contribution in [-0.4, -0.2) is 23.2 Å². The largest absolute Gasteiger partial charge is 0.381 e. The molecule has 1 aliphatic heterocycles. The molecule has 0 saturated carbocycles. The predicted octanol–water partition coefficient (Wildman–Crippen LogP) is 3.82. The lowest BCUT2D eigenvalue weighted by Crippen LogP contribution is -2.37. The highest BCUT2D eigenvalue weighted by Gasteiger charge is 2.36. The van der Waals surface area contributed by atoms with Gasteiger partial charge in [0.1, 0.15) is 5.82 Å². The minimum absolute atomic E-state index is 0.00502. The Labute approximate surface area is 134 Å². The Morgan fingerprint density at radius 3 is 2.27 bits per heavy atom. The monoisotopic (exact) mass is 302 g/mol. The van der Waals surface area contributed by atoms with Crippen LogP contribution in [0.4, 0.5) is 0 Å². The first-order valence-electron chi connectivity index (χ1n) is 8.65. The van der Waals surface area contributed by atoms with Crippen molar-refractivity contribution in [1.29, 1.82) is 0 Å². The molecule has 0 aromatic carbocycles. The smallest absolute Gasteiger partial charge is 0.134 e. The van der Waals surface area contributed by atoms with Crippen LogP contribution in [-0.2, 0) is 28.4 Å². The molecule has 3 rings (SSSR count). The van der Waals surface area contributed by atoms with E-state index in [-0.39, 0.29) is 10.8 Å². The lowest BCUT2D eigenvalue weighted by Gasteiger charge is -2.38. The molecular formula is C19H30N2O. The third-order valence-electron chi connectivity index (χ3n) is 5.03. The standard InChI is InChI=1S/C19H30N2O/c1-18(2,3)16-14-9-12-7-8-22-11-13(12)10-15(14)20-17(21-16)19(4,5)6/h12-13H,7-11H2,1-6H3. The molecule has 1 aromatic rings. The molecule has 0 bridgehead atoms. The average Bonchev–Trinajstić information content (AvgIpc) is 2.41. The molecule has 3 nitrogen and oxygen atoms in total. The van der Waals surface area contributed by atoms with Crippen LogP contribution in [0.2, 0.25) is 0 Å². The van der Waals surface area contributed by atoms with Crippen molar-refractivity contribution < 1.29 is 4.74 Å². The van der Waals surface area contributed by atoms with Crippen LogP contribution in [0.15, 0.2) is 0 Å². The van der Waals surface area contributed by atoms with Crippen molar-refractivity contribution in [2.24, 2.45) is 11.8 Å². The van der Waals surface area contributed by atoms with E-state index in [2.05, 4.69) is 41.5 Å². The third kappa shape index (κ3) is 2.92. The Morgan fingerprint density at radius 1 is 0.909 bits per heavy atom. The van der Waals surface area contributed by atoms with Crippen molar-refractivity contribution in [3.63, 3.8) is 0 Å². The molecule has 1 aromatic heterocycles. The van der Waals surface area contributed by atoms with Crippen molar-refractivity contribution in [2.45, 2.75) is 71.6 Å². The van der Waals surface area contributed by atoms with Gasteiger partial charge in [-0.05, 0) is 36.7 Å². The van der Waals surface area contributed by atoms with Gasteiger partial charge in [0.15, 0.2) is 0 Å². The molecule has 0 radical (unpaired) electrons. The third-order valence-corrected chi connectivity index (χ3v) is 5.03. The molecule has 0 amide bonds. The quantitative estimate of drug-likeness (QED) is 0.730. The fourth-order valence-corrected chi connectivity index (χ4v) is 3.72. The normalized spacial score (nSPS) is 25.5. The summed E-state index contributed by atoms with van der Waals surface area (Å²) in [5, 5.41) is 0. The van der Waals surface area contributed by atoms with E-state index in [1.165, 1.54) is 23.4 Å². The molecule has 2 unspecified atom stereocenters. The Morgan fingerprint density at radius 2 is 1.64 bits per heavy atom. The van der Waals surface area contributed by atoms with Gasteiger partial charge in [0, 0.05) is 23.1 Å². The number of hydrogen-bond acceptors (Lipinski definition) is 3. The molecule has 0 N–H and O–H groups in total. The van der Waals surface area contributed by atoms with E-state index in [9.17, 15) is 0 Å². The summed E-state index contributed by atoms with van der Waals surface area (Å²) in [6.45, 7) is 15.3. The summed E-state index contributed by atoms with van der Waals surface area (Å²) in [5.74, 6) is 2.40. The second-order valence-electron chi connectivity index (χ2n) is 9.11. The molecule has 0 spiro atoms. The van der Waals surface area contributed by atoms with Crippen molar-refractivity contribution in [1.82, 2.24) is 9.97 Å². The molecule has 122 valence electrons. The second kappa shape index (κ2) is 5.30. The first kappa shape index (κ1) is 15.9. The Bertz CT molecular complexity index is 566. The molecule has 2 aliphatic rings. The highest BCUT2D eigenvalue weighted by molar-refractivity contribution is 5.35. The van der Waals surface area contributed by atoms with Gasteiger partial charge in [-0.15, -0.1) is 0 Å². The molecule has 1 saturated heterocycles. The van der Waals surface area contributed by atoms with Crippen LogP contribution in [0.3, 0.4) is 0 Å². The van der Waals surface area contributed by atoms with Crippen molar-refractivity contribution in [3.8, 4) is 0 Å². The summed E-state index contributed by atoms with van der Waals surface area (Å²) in [6.07, 6.45) is 3.39. The number of ether oxygens (including phenoxy) is 1. The van der Waals surface area contributed by atoms with E-state index >= 15 is 0 Å². The Kier molecular flexibility index (Phi) is 3.83. The molecule has 2 atom stereocenters. The lowest BCUT2D eigenvalue weighted by atomic mass is 9.72. The fourth-order valence-electron chi connectivity index (χ4n) is 3.72. The van der Waals surface area contributed by atoms with E-state index in [1.54, 1.807) is 0 Å². The highest BCUT2D eigenvalue weighted by Crippen LogP contribution is 2.39. The summed E-state index contributed by atoms with van der Waals surface area (Å²) in [4.78, 5) is 10.0. The molecular weight excluding hydrogens is 272 g/mol. The number of aromatic nitrogens is 2. The van der Waals surface area contributed by atoms with E-state index in [1.807, 2.05) is 0 Å². The first-order chi connectivity index (χ1) is 10.2. The summed E-state index contributed by atoms with van der Waals surface area (Å²) in [7, 11) is 0. The highest BCUT2D eigenvalue weighted by atomic mass is 16.5. The summed E-state index contributed by atoms with van der Waals surface area (Å²) in [6, 6.07) is 0. The zero-order chi connectivity index (χ0) is 16.1. The first-order valence-corrected chi connectivity index (χ1v) is 8.65. The maximum absolute atomic E-state index is 5.71. The molecule has 2 heterocycles. The van der Waals surface area contributed by atoms with Crippen molar-refractivity contribution in [3.05, 3.63) is 22.8 Å². The van der Waals surface area contributed by atoms with Gasteiger partial charge < -0.3 is 4.74 Å². The summed E-state index contributed by atoms with van der Waals surface area (Å²) >= 11 is 0. The van der Waals surface area contributed by atoms with Crippen LogP contribution in [0.25, 0.3) is 0 Å². The van der Waals surface area contributed by atoms with Crippen molar-refractivity contribution >= 4 is 0 Å². The van der Waals surface area contributed by atoms with Gasteiger partial charge in [0.2, 0.25) is 0 Å². The van der Waals surface area contributed by atoms with Gasteiger partial charge in [-0.2, -0.15) is 0 Å². The van der Waals surface area contributed by atoms with E-state index in [4.69, 9.17) is 14.7 Å². The number of hydrogen-bond donors (Lipinski definition) is 0. The predicted molar refractivity (Wildman–Crippen MR) is 89.3 cm³/mol. The number of rotatable bonds is 0. The van der Waals surface area contributed by atoms with Crippen LogP contribution in [0.1, 0.15) is 70.7 Å². The van der Waals surface area contributed by atoms with Crippen LogP contribution in [0, 0.1) is 11.8 Å². The van der Waals surface area contributed by atoms with Gasteiger partial charge in [0.25, 0.3) is 0 Å². The maximum Gasteiger partial charge on any atom is 0.134 e. The van der Waals surface area contributed by atoms with Crippen LogP contribution >= 0.6 is 0 Å². The molecule has 1 fully saturated rings. The van der Waals surface area contributed by atoms with Crippen LogP contribution in [0.5, 0.6) is 0 Å². The second-order valence-corrected chi connectivity index (χ2v) is 9.11. The number of fused-ring (bicyclic) bond motifs is 2. The topological polar surface area (TPSA) is 35.0 Å². The Balaban J connectivity index is 2.10. The SMILES string of the molecule is CC(C)(C)c1nc2c(c(C(C)(C)C)n1)CC1CCOCC1C2. The lowest BCUT2D eigenvalue weighted by molar-refractivity contribution is 0.0122.